The minimum atomic E-state index is -1.05. The molecule has 8 heteroatoms. The first-order valence-electron chi connectivity index (χ1n) is 6.08. The number of nitrogens with one attached hydrogen (secondary N) is 2. The van der Waals surface area contributed by atoms with Gasteiger partial charge in [0.1, 0.15) is 5.82 Å². The molecule has 2 rings (SSSR count). The molecule has 0 heterocycles. The van der Waals surface area contributed by atoms with Gasteiger partial charge < -0.3 is 10.6 Å². The fourth-order valence-corrected chi connectivity index (χ4v) is 1.60. The van der Waals surface area contributed by atoms with Crippen molar-refractivity contribution in [2.45, 2.75) is 0 Å². The lowest BCUT2D eigenvalue weighted by Crippen LogP contribution is -2.29. The molecule has 2 aromatic carbocycles. The molecule has 2 N–H and O–H groups in total. The van der Waals surface area contributed by atoms with Crippen LogP contribution >= 0.6 is 0 Å². The molecule has 0 aliphatic rings. The van der Waals surface area contributed by atoms with E-state index in [9.17, 15) is 24.1 Å². The average molecular weight is 303 g/mol. The molecule has 0 aliphatic carbocycles. The predicted octanol–water partition coefficient (Wildman–Crippen LogP) is 2.31. The van der Waals surface area contributed by atoms with Crippen LogP contribution in [-0.2, 0) is 9.59 Å². The Morgan fingerprint density at radius 3 is 2.14 bits per heavy atom. The van der Waals surface area contributed by atoms with Crippen LogP contribution in [0.1, 0.15) is 0 Å². The number of para-hydroxylation sites is 1. The molecule has 112 valence electrons. The number of carbonyl (C=O) groups excluding carboxylic acids is 2. The molecule has 0 bridgehead atoms. The Morgan fingerprint density at radius 2 is 1.55 bits per heavy atom. The number of rotatable bonds is 3. The standard InChI is InChI=1S/C14H10FN3O4/c15-11-3-1-2-4-12(11)17-14(20)13(19)16-9-5-7-10(8-6-9)18(21)22/h1-8H,(H,16,19)(H,17,20). The van der Waals surface area contributed by atoms with E-state index in [-0.39, 0.29) is 17.1 Å². The number of hydrogen-bond acceptors (Lipinski definition) is 4. The first-order valence-corrected chi connectivity index (χ1v) is 6.08. The zero-order valence-corrected chi connectivity index (χ0v) is 11.1. The number of nitro groups is 1. The van der Waals surface area contributed by atoms with E-state index in [1.54, 1.807) is 0 Å². The van der Waals surface area contributed by atoms with Gasteiger partial charge in [-0.3, -0.25) is 19.7 Å². The Kier molecular flexibility index (Phi) is 4.42. The van der Waals surface area contributed by atoms with Gasteiger partial charge in [-0.25, -0.2) is 4.39 Å². The summed E-state index contributed by atoms with van der Waals surface area (Å²) in [5.74, 6) is -2.74. The highest BCUT2D eigenvalue weighted by Crippen LogP contribution is 2.16. The average Bonchev–Trinajstić information content (AvgIpc) is 2.50. The lowest BCUT2D eigenvalue weighted by molar-refractivity contribution is -0.384. The maximum atomic E-state index is 13.4. The second-order valence-electron chi connectivity index (χ2n) is 4.19. The van der Waals surface area contributed by atoms with Crippen LogP contribution in [0.25, 0.3) is 0 Å². The van der Waals surface area contributed by atoms with E-state index in [4.69, 9.17) is 0 Å². The molecule has 7 nitrogen and oxygen atoms in total. The molecule has 0 aliphatic heterocycles. The zero-order valence-electron chi connectivity index (χ0n) is 11.1. The van der Waals surface area contributed by atoms with E-state index in [1.807, 2.05) is 0 Å². The highest BCUT2D eigenvalue weighted by Gasteiger charge is 2.16. The third-order valence-electron chi connectivity index (χ3n) is 2.66. The minimum absolute atomic E-state index is 0.119. The Balaban J connectivity index is 2.01. The number of halogens is 1. The molecule has 22 heavy (non-hydrogen) atoms. The smallest absolute Gasteiger partial charge is 0.314 e. The first-order chi connectivity index (χ1) is 10.5. The van der Waals surface area contributed by atoms with Gasteiger partial charge in [0.25, 0.3) is 5.69 Å². The molecule has 0 unspecified atom stereocenters. The second kappa shape index (κ2) is 6.44. The third kappa shape index (κ3) is 3.63. The summed E-state index contributed by atoms with van der Waals surface area (Å²) < 4.78 is 13.4. The van der Waals surface area contributed by atoms with Gasteiger partial charge >= 0.3 is 11.8 Å². The topological polar surface area (TPSA) is 101 Å². The van der Waals surface area contributed by atoms with Crippen molar-refractivity contribution in [3.8, 4) is 0 Å². The summed E-state index contributed by atoms with van der Waals surface area (Å²) in [5.41, 5.74) is -0.0561. The predicted molar refractivity (Wildman–Crippen MR) is 76.8 cm³/mol. The summed E-state index contributed by atoms with van der Waals surface area (Å²) in [6.45, 7) is 0. The van der Waals surface area contributed by atoms with Crippen molar-refractivity contribution < 1.29 is 18.9 Å². The maximum Gasteiger partial charge on any atom is 0.314 e. The van der Waals surface area contributed by atoms with E-state index in [0.29, 0.717) is 0 Å². The van der Waals surface area contributed by atoms with Gasteiger partial charge in [0.2, 0.25) is 0 Å². The highest BCUT2D eigenvalue weighted by atomic mass is 19.1. The Labute approximate surface area is 123 Å². The van der Waals surface area contributed by atoms with Crippen LogP contribution in [0, 0.1) is 15.9 Å². The van der Waals surface area contributed by atoms with Crippen molar-refractivity contribution >= 4 is 28.9 Å². The van der Waals surface area contributed by atoms with Gasteiger partial charge in [-0.15, -0.1) is 0 Å². The molecule has 0 atom stereocenters. The molecule has 0 aromatic heterocycles. The molecular weight excluding hydrogens is 293 g/mol. The van der Waals surface area contributed by atoms with E-state index >= 15 is 0 Å². The Morgan fingerprint density at radius 1 is 0.955 bits per heavy atom. The summed E-state index contributed by atoms with van der Waals surface area (Å²) >= 11 is 0. The SMILES string of the molecule is O=C(Nc1ccc([N+](=O)[O-])cc1)C(=O)Nc1ccccc1F. The molecule has 2 amide bonds. The van der Waals surface area contributed by atoms with Crippen molar-refractivity contribution in [1.82, 2.24) is 0 Å². The molecule has 0 radical (unpaired) electrons. The number of carbonyl (C=O) groups is 2. The maximum absolute atomic E-state index is 13.4. The largest absolute Gasteiger partial charge is 0.318 e. The van der Waals surface area contributed by atoms with E-state index < -0.39 is 22.6 Å². The summed E-state index contributed by atoms with van der Waals surface area (Å²) in [7, 11) is 0. The fraction of sp³-hybridized carbons (Fsp3) is 0. The van der Waals surface area contributed by atoms with Gasteiger partial charge in [0, 0.05) is 17.8 Å². The Hall–Kier alpha value is -3.29. The Bertz CT molecular complexity index is 731. The molecule has 0 fully saturated rings. The van der Waals surface area contributed by atoms with Gasteiger partial charge in [-0.2, -0.15) is 0 Å². The van der Waals surface area contributed by atoms with Gasteiger partial charge in [-0.1, -0.05) is 12.1 Å². The summed E-state index contributed by atoms with van der Waals surface area (Å²) in [6, 6.07) is 10.3. The number of benzene rings is 2. The molecule has 0 saturated carbocycles. The van der Waals surface area contributed by atoms with Crippen LogP contribution in [-0.4, -0.2) is 16.7 Å². The summed E-state index contributed by atoms with van der Waals surface area (Å²) in [5, 5.41) is 14.9. The van der Waals surface area contributed by atoms with Gasteiger partial charge in [0.15, 0.2) is 0 Å². The first kappa shape index (κ1) is 15.1. The zero-order chi connectivity index (χ0) is 16.1. The molecule has 0 saturated heterocycles. The van der Waals surface area contributed by atoms with Crippen molar-refractivity contribution in [1.29, 1.82) is 0 Å². The van der Waals surface area contributed by atoms with Gasteiger partial charge in [-0.05, 0) is 24.3 Å². The van der Waals surface area contributed by atoms with E-state index in [0.717, 1.165) is 6.07 Å². The van der Waals surface area contributed by atoms with Crippen molar-refractivity contribution in [3.63, 3.8) is 0 Å². The van der Waals surface area contributed by atoms with Crippen LogP contribution in [0.4, 0.5) is 21.5 Å². The van der Waals surface area contributed by atoms with Gasteiger partial charge in [0.05, 0.1) is 10.6 Å². The highest BCUT2D eigenvalue weighted by molar-refractivity contribution is 6.43. The van der Waals surface area contributed by atoms with Crippen LogP contribution in [0.5, 0.6) is 0 Å². The molecule has 2 aromatic rings. The summed E-state index contributed by atoms with van der Waals surface area (Å²) in [4.78, 5) is 33.2. The number of nitrogens with zero attached hydrogens (tertiary/aromatic N) is 1. The quantitative estimate of drug-likeness (QED) is 0.516. The summed E-state index contributed by atoms with van der Waals surface area (Å²) in [6.07, 6.45) is 0. The lowest BCUT2D eigenvalue weighted by atomic mass is 10.2. The van der Waals surface area contributed by atoms with E-state index in [1.165, 1.54) is 42.5 Å². The number of anilines is 2. The lowest BCUT2D eigenvalue weighted by Gasteiger charge is -2.07. The fourth-order valence-electron chi connectivity index (χ4n) is 1.60. The van der Waals surface area contributed by atoms with Crippen molar-refractivity contribution in [2.75, 3.05) is 10.6 Å². The molecule has 0 spiro atoms. The normalized spacial score (nSPS) is 9.86. The monoisotopic (exact) mass is 303 g/mol. The van der Waals surface area contributed by atoms with E-state index in [2.05, 4.69) is 10.6 Å². The van der Waals surface area contributed by atoms with Crippen LogP contribution in [0.15, 0.2) is 48.5 Å². The van der Waals surface area contributed by atoms with Crippen LogP contribution in [0.2, 0.25) is 0 Å². The van der Waals surface area contributed by atoms with Crippen LogP contribution < -0.4 is 10.6 Å². The molecular formula is C14H10FN3O4. The third-order valence-corrected chi connectivity index (χ3v) is 2.66. The van der Waals surface area contributed by atoms with Crippen molar-refractivity contribution in [3.05, 3.63) is 64.5 Å². The second-order valence-corrected chi connectivity index (χ2v) is 4.19. The number of amides is 2. The number of nitro benzene ring substituents is 1. The number of hydrogen-bond donors (Lipinski definition) is 2. The minimum Gasteiger partial charge on any atom is -0.318 e. The van der Waals surface area contributed by atoms with Crippen LogP contribution in [0.3, 0.4) is 0 Å². The van der Waals surface area contributed by atoms with Crippen molar-refractivity contribution in [2.24, 2.45) is 0 Å². The number of non-ortho nitro benzene ring substituents is 1.